The van der Waals surface area contributed by atoms with E-state index in [9.17, 15) is 4.39 Å². The minimum Gasteiger partial charge on any atom is -0.493 e. The molecule has 132 valence electrons. The van der Waals surface area contributed by atoms with Crippen molar-refractivity contribution in [2.75, 3.05) is 13.7 Å². The molecule has 0 saturated heterocycles. The topological polar surface area (TPSA) is 30.5 Å². The number of nitrogens with one attached hydrogen (secondary N) is 1. The van der Waals surface area contributed by atoms with Gasteiger partial charge in [-0.3, -0.25) is 0 Å². The third-order valence-corrected chi connectivity index (χ3v) is 3.77. The van der Waals surface area contributed by atoms with Gasteiger partial charge in [-0.2, -0.15) is 0 Å². The summed E-state index contributed by atoms with van der Waals surface area (Å²) in [5, 5.41) is 3.68. The molecule has 0 aromatic heterocycles. The maximum absolute atomic E-state index is 13.8. The Morgan fingerprint density at radius 2 is 1.96 bits per heavy atom. The fraction of sp³-hybridized carbons (Fsp3) is 0.333. The molecule has 2 aromatic rings. The number of hydrogen-bond acceptors (Lipinski definition) is 3. The van der Waals surface area contributed by atoms with E-state index in [0.717, 1.165) is 25.1 Å². The molecule has 0 heterocycles. The summed E-state index contributed by atoms with van der Waals surface area (Å²) >= 11 is 6.01. The van der Waals surface area contributed by atoms with E-state index in [-0.39, 0.29) is 24.8 Å². The largest absolute Gasteiger partial charge is 0.493 e. The predicted molar refractivity (Wildman–Crippen MR) is 98.0 cm³/mol. The summed E-state index contributed by atoms with van der Waals surface area (Å²) in [7, 11) is 1.58. The second kappa shape index (κ2) is 10.4. The lowest BCUT2D eigenvalue weighted by Crippen LogP contribution is -2.13. The molecule has 24 heavy (non-hydrogen) atoms. The Bertz CT molecular complexity index is 633. The molecule has 0 aliphatic carbocycles. The van der Waals surface area contributed by atoms with E-state index in [4.69, 9.17) is 21.1 Å². The monoisotopic (exact) mass is 373 g/mol. The smallest absolute Gasteiger partial charge is 0.161 e. The Morgan fingerprint density at radius 3 is 2.62 bits per heavy atom. The number of ether oxygens (including phenoxy) is 2. The van der Waals surface area contributed by atoms with Gasteiger partial charge < -0.3 is 14.8 Å². The summed E-state index contributed by atoms with van der Waals surface area (Å²) in [6.45, 7) is 3.91. The van der Waals surface area contributed by atoms with Crippen LogP contribution < -0.4 is 14.8 Å². The zero-order valence-electron chi connectivity index (χ0n) is 13.8. The molecule has 0 saturated carbocycles. The van der Waals surface area contributed by atoms with Crippen molar-refractivity contribution in [2.45, 2.75) is 26.5 Å². The second-order valence-corrected chi connectivity index (χ2v) is 5.56. The molecule has 3 nitrogen and oxygen atoms in total. The first-order chi connectivity index (χ1) is 11.2. The van der Waals surface area contributed by atoms with Gasteiger partial charge >= 0.3 is 0 Å². The molecule has 0 spiro atoms. The molecule has 0 bridgehead atoms. The summed E-state index contributed by atoms with van der Waals surface area (Å²) in [5.41, 5.74) is 1.44. The van der Waals surface area contributed by atoms with E-state index < -0.39 is 0 Å². The van der Waals surface area contributed by atoms with Gasteiger partial charge in [0.25, 0.3) is 0 Å². The predicted octanol–water partition coefficient (Wildman–Crippen LogP) is 4.99. The number of benzene rings is 2. The van der Waals surface area contributed by atoms with Crippen molar-refractivity contribution < 1.29 is 13.9 Å². The third-order valence-electron chi connectivity index (χ3n) is 3.42. The average Bonchev–Trinajstić information content (AvgIpc) is 2.55. The van der Waals surface area contributed by atoms with E-state index in [0.29, 0.717) is 22.1 Å². The van der Waals surface area contributed by atoms with Gasteiger partial charge in [0.2, 0.25) is 0 Å². The van der Waals surface area contributed by atoms with Crippen LogP contribution in [0.5, 0.6) is 11.5 Å². The van der Waals surface area contributed by atoms with Gasteiger partial charge in [0.15, 0.2) is 11.5 Å². The third kappa shape index (κ3) is 5.55. The number of rotatable bonds is 8. The summed E-state index contributed by atoms with van der Waals surface area (Å²) < 4.78 is 24.8. The molecule has 0 amide bonds. The highest BCUT2D eigenvalue weighted by Crippen LogP contribution is 2.30. The molecule has 6 heteroatoms. The maximum atomic E-state index is 13.8. The van der Waals surface area contributed by atoms with Gasteiger partial charge in [-0.1, -0.05) is 30.7 Å². The summed E-state index contributed by atoms with van der Waals surface area (Å²) in [4.78, 5) is 0. The van der Waals surface area contributed by atoms with Gasteiger partial charge in [0.1, 0.15) is 12.4 Å². The summed E-state index contributed by atoms with van der Waals surface area (Å²) in [6, 6.07) is 10.3. The normalized spacial score (nSPS) is 10.2. The highest BCUT2D eigenvalue weighted by atomic mass is 35.5. The van der Waals surface area contributed by atoms with Crippen molar-refractivity contribution in [1.29, 1.82) is 0 Å². The van der Waals surface area contributed by atoms with Crippen LogP contribution in [-0.4, -0.2) is 13.7 Å². The van der Waals surface area contributed by atoms with Crippen LogP contribution in [0.25, 0.3) is 0 Å². The Morgan fingerprint density at radius 1 is 1.17 bits per heavy atom. The number of halogens is 3. The summed E-state index contributed by atoms with van der Waals surface area (Å²) in [6.07, 6.45) is 1.09. The van der Waals surface area contributed by atoms with Crippen molar-refractivity contribution in [3.05, 3.63) is 58.4 Å². The average molecular weight is 374 g/mol. The number of methoxy groups -OCH3 is 1. The zero-order valence-corrected chi connectivity index (χ0v) is 15.3. The van der Waals surface area contributed by atoms with Gasteiger partial charge in [-0.25, -0.2) is 4.39 Å². The first-order valence-corrected chi connectivity index (χ1v) is 7.96. The summed E-state index contributed by atoms with van der Waals surface area (Å²) in [5.74, 6) is 0.802. The first kappa shape index (κ1) is 20.6. The van der Waals surface area contributed by atoms with Crippen LogP contribution >= 0.6 is 24.0 Å². The lowest BCUT2D eigenvalue weighted by molar-refractivity contribution is 0.279. The molecule has 0 aliphatic rings. The van der Waals surface area contributed by atoms with Crippen molar-refractivity contribution in [3.63, 3.8) is 0 Å². The van der Waals surface area contributed by atoms with E-state index in [1.165, 1.54) is 6.07 Å². The van der Waals surface area contributed by atoms with Crippen LogP contribution in [0.15, 0.2) is 36.4 Å². The molecule has 1 N–H and O–H groups in total. The number of hydrogen-bond donors (Lipinski definition) is 1. The van der Waals surface area contributed by atoms with Gasteiger partial charge in [0, 0.05) is 12.1 Å². The van der Waals surface area contributed by atoms with Gasteiger partial charge in [-0.05, 0) is 42.8 Å². The van der Waals surface area contributed by atoms with Crippen LogP contribution in [0.4, 0.5) is 4.39 Å². The Balaban J connectivity index is 0.00000288. The minimum atomic E-state index is -0.378. The molecular weight excluding hydrogens is 352 g/mol. The van der Waals surface area contributed by atoms with Crippen LogP contribution in [0, 0.1) is 5.82 Å². The van der Waals surface area contributed by atoms with Crippen molar-refractivity contribution in [2.24, 2.45) is 0 Å². The molecule has 0 aliphatic heterocycles. The molecule has 0 fully saturated rings. The molecule has 0 unspecified atom stereocenters. The van der Waals surface area contributed by atoms with E-state index in [2.05, 4.69) is 12.2 Å². The molecular formula is C18H22Cl2FNO2. The van der Waals surface area contributed by atoms with Gasteiger partial charge in [0.05, 0.1) is 12.1 Å². The van der Waals surface area contributed by atoms with E-state index in [1.807, 2.05) is 18.2 Å². The molecule has 0 atom stereocenters. The Hall–Kier alpha value is -1.49. The van der Waals surface area contributed by atoms with Crippen molar-refractivity contribution in [1.82, 2.24) is 5.32 Å². The fourth-order valence-corrected chi connectivity index (χ4v) is 2.39. The maximum Gasteiger partial charge on any atom is 0.161 e. The van der Waals surface area contributed by atoms with E-state index in [1.54, 1.807) is 19.2 Å². The van der Waals surface area contributed by atoms with Crippen LogP contribution in [0.1, 0.15) is 24.5 Å². The van der Waals surface area contributed by atoms with E-state index >= 15 is 0 Å². The lowest BCUT2D eigenvalue weighted by Gasteiger charge is -2.13. The zero-order chi connectivity index (χ0) is 16.7. The highest BCUT2D eigenvalue weighted by Gasteiger charge is 2.10. The second-order valence-electron chi connectivity index (χ2n) is 5.15. The standard InChI is InChI=1S/C18H21ClFNO2.ClH/c1-3-9-21-11-13-7-8-17(18(10-13)22-2)23-12-14-15(19)5-4-6-16(14)20;/h4-8,10,21H,3,9,11-12H2,1-2H3;1H. The quantitative estimate of drug-likeness (QED) is 0.661. The van der Waals surface area contributed by atoms with Crippen molar-refractivity contribution in [3.8, 4) is 11.5 Å². The van der Waals surface area contributed by atoms with Crippen LogP contribution in [-0.2, 0) is 13.2 Å². The fourth-order valence-electron chi connectivity index (χ4n) is 2.17. The molecule has 2 rings (SSSR count). The van der Waals surface area contributed by atoms with Crippen LogP contribution in [0.3, 0.4) is 0 Å². The SMILES string of the molecule is CCCNCc1ccc(OCc2c(F)cccc2Cl)c(OC)c1.Cl. The van der Waals surface area contributed by atoms with Crippen LogP contribution in [0.2, 0.25) is 5.02 Å². The molecule has 2 aromatic carbocycles. The lowest BCUT2D eigenvalue weighted by atomic mass is 10.2. The molecule has 0 radical (unpaired) electrons. The van der Waals surface area contributed by atoms with Crippen molar-refractivity contribution >= 4 is 24.0 Å². The highest BCUT2D eigenvalue weighted by molar-refractivity contribution is 6.31. The Kier molecular flexibility index (Phi) is 8.90. The minimum absolute atomic E-state index is 0. The van der Waals surface area contributed by atoms with Gasteiger partial charge in [-0.15, -0.1) is 12.4 Å². The Labute approximate surface area is 153 Å². The first-order valence-electron chi connectivity index (χ1n) is 7.59.